The number of hydrogen-bond acceptors (Lipinski definition) is 4. The van der Waals surface area contributed by atoms with Crippen molar-refractivity contribution in [1.82, 2.24) is 0 Å². The molecule has 1 aliphatic heterocycles. The summed E-state index contributed by atoms with van der Waals surface area (Å²) >= 11 is 3.48. The fraction of sp³-hybridized carbons (Fsp3) is 0.235. The van der Waals surface area contributed by atoms with Crippen LogP contribution in [0.4, 0.5) is 0 Å². The zero-order valence-corrected chi connectivity index (χ0v) is 14.1. The van der Waals surface area contributed by atoms with Gasteiger partial charge in [0.05, 0.1) is 13.7 Å². The van der Waals surface area contributed by atoms with Crippen LogP contribution in [0.1, 0.15) is 17.0 Å². The van der Waals surface area contributed by atoms with E-state index in [1.165, 1.54) is 0 Å². The number of fused-ring (bicyclic) bond motifs is 2. The van der Waals surface area contributed by atoms with Crippen LogP contribution in [0.3, 0.4) is 0 Å². The van der Waals surface area contributed by atoms with E-state index in [0.717, 1.165) is 32.8 Å². The molecule has 2 N–H and O–H groups in total. The minimum absolute atomic E-state index is 0.0688. The molecule has 1 atom stereocenters. The fourth-order valence-corrected chi connectivity index (χ4v) is 3.03. The van der Waals surface area contributed by atoms with Crippen molar-refractivity contribution in [2.45, 2.75) is 5.92 Å². The molecule has 120 valence electrons. The van der Waals surface area contributed by atoms with Crippen LogP contribution >= 0.6 is 15.9 Å². The molecule has 0 aromatic heterocycles. The summed E-state index contributed by atoms with van der Waals surface area (Å²) in [7, 11) is 1.62. The highest BCUT2D eigenvalue weighted by molar-refractivity contribution is 9.10. The van der Waals surface area contributed by atoms with Gasteiger partial charge in [0.15, 0.2) is 0 Å². The van der Waals surface area contributed by atoms with Crippen molar-refractivity contribution in [3.05, 3.63) is 52.0 Å². The van der Waals surface area contributed by atoms with Crippen LogP contribution in [0.2, 0.25) is 0 Å². The number of rotatable bonds is 5. The summed E-state index contributed by atoms with van der Waals surface area (Å²) in [5, 5.41) is 0. The Hall–Kier alpha value is -2.05. The highest BCUT2D eigenvalue weighted by atomic mass is 79.9. The molecule has 1 unspecified atom stereocenters. The number of benzene rings is 2. The van der Waals surface area contributed by atoms with Crippen molar-refractivity contribution in [3.8, 4) is 17.2 Å². The van der Waals surface area contributed by atoms with Gasteiger partial charge in [-0.2, -0.15) is 0 Å². The molecule has 0 bridgehead atoms. The molecule has 2 aromatic carbocycles. The van der Waals surface area contributed by atoms with E-state index in [-0.39, 0.29) is 12.5 Å². The first-order valence-electron chi connectivity index (χ1n) is 7.09. The molecule has 3 rings (SSSR count). The molecule has 0 saturated carbocycles. The van der Waals surface area contributed by atoms with E-state index in [1.807, 2.05) is 36.4 Å². The number of ether oxygens (including phenoxy) is 3. The monoisotopic (exact) mass is 377 g/mol. The van der Waals surface area contributed by atoms with E-state index >= 15 is 0 Å². The maximum absolute atomic E-state index is 10.9. The predicted octanol–water partition coefficient (Wildman–Crippen LogP) is 3.20. The Bertz CT molecular complexity index is 747. The van der Waals surface area contributed by atoms with Crippen molar-refractivity contribution < 1.29 is 19.0 Å². The van der Waals surface area contributed by atoms with E-state index in [1.54, 1.807) is 7.11 Å². The van der Waals surface area contributed by atoms with Crippen LogP contribution in [0.15, 0.2) is 40.9 Å². The lowest BCUT2D eigenvalue weighted by Crippen LogP contribution is -2.22. The fourth-order valence-electron chi connectivity index (χ4n) is 2.65. The summed E-state index contributed by atoms with van der Waals surface area (Å²) in [6.07, 6.45) is 0. The summed E-state index contributed by atoms with van der Waals surface area (Å²) in [5.74, 6) is 1.72. The zero-order chi connectivity index (χ0) is 16.4. The SMILES string of the molecule is COc1ccc2c(c1)C(COCC(N)=O)c1cc(Br)ccc1O2. The summed E-state index contributed by atoms with van der Waals surface area (Å²) < 4.78 is 17.7. The maximum Gasteiger partial charge on any atom is 0.243 e. The lowest BCUT2D eigenvalue weighted by Gasteiger charge is -2.28. The topological polar surface area (TPSA) is 70.8 Å². The Morgan fingerprint density at radius 2 is 1.91 bits per heavy atom. The van der Waals surface area contributed by atoms with Crippen molar-refractivity contribution in [2.24, 2.45) is 5.73 Å². The first-order valence-corrected chi connectivity index (χ1v) is 7.89. The van der Waals surface area contributed by atoms with Crippen molar-refractivity contribution in [2.75, 3.05) is 20.3 Å². The minimum atomic E-state index is -0.489. The van der Waals surface area contributed by atoms with E-state index < -0.39 is 5.91 Å². The summed E-state index contributed by atoms with van der Waals surface area (Å²) in [6.45, 7) is 0.218. The molecule has 0 aliphatic carbocycles. The zero-order valence-electron chi connectivity index (χ0n) is 12.5. The second-order valence-corrected chi connectivity index (χ2v) is 6.14. The van der Waals surface area contributed by atoms with Crippen molar-refractivity contribution in [3.63, 3.8) is 0 Å². The average Bonchev–Trinajstić information content (AvgIpc) is 2.54. The van der Waals surface area contributed by atoms with Gasteiger partial charge in [0.25, 0.3) is 0 Å². The Morgan fingerprint density at radius 3 is 2.61 bits per heavy atom. The van der Waals surface area contributed by atoms with Gasteiger partial charge in [-0.1, -0.05) is 15.9 Å². The molecule has 6 heteroatoms. The molecule has 1 heterocycles. The summed E-state index contributed by atoms with van der Waals surface area (Å²) in [4.78, 5) is 10.9. The van der Waals surface area contributed by atoms with Crippen LogP contribution < -0.4 is 15.2 Å². The highest BCUT2D eigenvalue weighted by Crippen LogP contribution is 2.46. The summed E-state index contributed by atoms with van der Waals surface area (Å²) in [6, 6.07) is 11.5. The van der Waals surface area contributed by atoms with Gasteiger partial charge in [0.2, 0.25) is 5.91 Å². The molecule has 2 aromatic rings. The van der Waals surface area contributed by atoms with Gasteiger partial charge < -0.3 is 19.9 Å². The number of methoxy groups -OCH3 is 1. The molecule has 1 aliphatic rings. The number of hydrogen-bond donors (Lipinski definition) is 1. The van der Waals surface area contributed by atoms with Crippen LogP contribution in [0.25, 0.3) is 0 Å². The predicted molar refractivity (Wildman–Crippen MR) is 89.1 cm³/mol. The minimum Gasteiger partial charge on any atom is -0.497 e. The number of amides is 1. The van der Waals surface area contributed by atoms with Gasteiger partial charge in [-0.25, -0.2) is 0 Å². The highest BCUT2D eigenvalue weighted by Gasteiger charge is 2.28. The van der Waals surface area contributed by atoms with Gasteiger partial charge in [0, 0.05) is 21.5 Å². The van der Waals surface area contributed by atoms with Gasteiger partial charge in [-0.3, -0.25) is 4.79 Å². The molecule has 1 amide bonds. The van der Waals surface area contributed by atoms with Gasteiger partial charge in [-0.15, -0.1) is 0 Å². The number of carbonyl (C=O) groups is 1. The Morgan fingerprint density at radius 1 is 1.22 bits per heavy atom. The molecule has 0 spiro atoms. The normalized spacial score (nSPS) is 15.3. The van der Waals surface area contributed by atoms with Gasteiger partial charge in [-0.05, 0) is 36.4 Å². The van der Waals surface area contributed by atoms with Crippen molar-refractivity contribution >= 4 is 21.8 Å². The van der Waals surface area contributed by atoms with Crippen LogP contribution in [-0.2, 0) is 9.53 Å². The third-order valence-corrected chi connectivity index (χ3v) is 4.18. The maximum atomic E-state index is 10.9. The second-order valence-electron chi connectivity index (χ2n) is 5.22. The van der Waals surface area contributed by atoms with Crippen LogP contribution in [-0.4, -0.2) is 26.2 Å². The van der Waals surface area contributed by atoms with Gasteiger partial charge in [0.1, 0.15) is 23.9 Å². The van der Waals surface area contributed by atoms with Crippen molar-refractivity contribution in [1.29, 1.82) is 0 Å². The Balaban J connectivity index is 2.00. The lowest BCUT2D eigenvalue weighted by molar-refractivity contribution is -0.122. The van der Waals surface area contributed by atoms with Gasteiger partial charge >= 0.3 is 0 Å². The first-order chi connectivity index (χ1) is 11.1. The molecule has 23 heavy (non-hydrogen) atoms. The van der Waals surface area contributed by atoms with E-state index in [4.69, 9.17) is 19.9 Å². The van der Waals surface area contributed by atoms with Crippen LogP contribution in [0.5, 0.6) is 17.2 Å². The molecular weight excluding hydrogens is 362 g/mol. The molecule has 5 nitrogen and oxygen atoms in total. The largest absolute Gasteiger partial charge is 0.497 e. The molecule has 0 fully saturated rings. The quantitative estimate of drug-likeness (QED) is 0.868. The Kier molecular flexibility index (Phi) is 4.54. The van der Waals surface area contributed by atoms with Crippen LogP contribution in [0, 0.1) is 0 Å². The lowest BCUT2D eigenvalue weighted by atomic mass is 9.88. The average molecular weight is 378 g/mol. The van der Waals surface area contributed by atoms with E-state index in [0.29, 0.717) is 6.61 Å². The Labute approximate surface area is 142 Å². The first kappa shape index (κ1) is 15.8. The number of nitrogens with two attached hydrogens (primary N) is 1. The third kappa shape index (κ3) is 3.33. The molecule has 0 radical (unpaired) electrons. The number of primary amides is 1. The molecule has 0 saturated heterocycles. The smallest absolute Gasteiger partial charge is 0.243 e. The number of carbonyl (C=O) groups excluding carboxylic acids is 1. The van der Waals surface area contributed by atoms with E-state index in [2.05, 4.69) is 15.9 Å². The van der Waals surface area contributed by atoms with E-state index in [9.17, 15) is 4.79 Å². The third-order valence-electron chi connectivity index (χ3n) is 3.69. The standard InChI is InChI=1S/C17H16BrNO4/c1-21-11-3-5-16-13(7-11)14(8-22-9-17(19)20)12-6-10(18)2-4-15(12)23-16/h2-7,14H,8-9H2,1H3,(H2,19,20). The number of halogens is 1. The summed E-state index contributed by atoms with van der Waals surface area (Å²) in [5.41, 5.74) is 7.10. The second kappa shape index (κ2) is 6.60. The molecular formula is C17H16BrNO4.